The summed E-state index contributed by atoms with van der Waals surface area (Å²) in [6, 6.07) is 14.6. The third-order valence-corrected chi connectivity index (χ3v) is 3.81. The first-order chi connectivity index (χ1) is 9.79. The molecule has 0 radical (unpaired) electrons. The fraction of sp³-hybridized carbons (Fsp3) is 0.312. The molecule has 1 atom stereocenters. The van der Waals surface area contributed by atoms with Gasteiger partial charge in [-0.05, 0) is 17.7 Å². The number of nitrogens with zero attached hydrogens (tertiary/aromatic N) is 2. The maximum atomic E-state index is 11.6. The summed E-state index contributed by atoms with van der Waals surface area (Å²) in [5, 5.41) is 0. The van der Waals surface area contributed by atoms with Crippen molar-refractivity contribution in [3.63, 3.8) is 0 Å². The van der Waals surface area contributed by atoms with E-state index in [0.717, 1.165) is 13.1 Å². The van der Waals surface area contributed by atoms with Gasteiger partial charge in [-0.15, -0.1) is 0 Å². The van der Waals surface area contributed by atoms with Crippen molar-refractivity contribution in [2.45, 2.75) is 12.6 Å². The zero-order chi connectivity index (χ0) is 13.9. The van der Waals surface area contributed by atoms with Gasteiger partial charge in [-0.3, -0.25) is 9.69 Å². The third kappa shape index (κ3) is 2.34. The van der Waals surface area contributed by atoms with Gasteiger partial charge in [0.2, 0.25) is 0 Å². The monoisotopic (exact) mass is 270 g/mol. The van der Waals surface area contributed by atoms with Crippen molar-refractivity contribution in [3.8, 4) is 0 Å². The number of esters is 1. The van der Waals surface area contributed by atoms with Gasteiger partial charge in [-0.2, -0.15) is 0 Å². The molecule has 2 heterocycles. The zero-order valence-corrected chi connectivity index (χ0v) is 11.5. The number of benzene rings is 1. The molecule has 1 aromatic heterocycles. The number of hydrogen-bond acceptors (Lipinski definition) is 3. The Morgan fingerprint density at radius 3 is 2.75 bits per heavy atom. The molecule has 0 aliphatic carbocycles. The molecule has 2 aromatic rings. The fourth-order valence-corrected chi connectivity index (χ4v) is 2.85. The summed E-state index contributed by atoms with van der Waals surface area (Å²) in [4.78, 5) is 13.8. The maximum absolute atomic E-state index is 11.6. The summed E-state index contributed by atoms with van der Waals surface area (Å²) in [6.45, 7) is 2.07. The summed E-state index contributed by atoms with van der Waals surface area (Å²) in [6.07, 6.45) is 2.10. The molecule has 0 amide bonds. The number of ether oxygens (including phenoxy) is 1. The van der Waals surface area contributed by atoms with Crippen LogP contribution < -0.4 is 0 Å². The maximum Gasteiger partial charge on any atom is 0.319 e. The van der Waals surface area contributed by atoms with Crippen molar-refractivity contribution in [2.75, 3.05) is 20.2 Å². The molecule has 0 fully saturated rings. The van der Waals surface area contributed by atoms with Crippen LogP contribution in [0.1, 0.15) is 17.3 Å². The number of hydrogen-bond donors (Lipinski definition) is 0. The average molecular weight is 270 g/mol. The van der Waals surface area contributed by atoms with Gasteiger partial charge in [0, 0.05) is 25.0 Å². The van der Waals surface area contributed by atoms with Gasteiger partial charge in [-0.25, -0.2) is 0 Å². The van der Waals surface area contributed by atoms with Crippen LogP contribution in [0.5, 0.6) is 0 Å². The lowest BCUT2D eigenvalue weighted by atomic mass is 10.00. The molecule has 0 saturated heterocycles. The van der Waals surface area contributed by atoms with E-state index in [9.17, 15) is 4.79 Å². The molecule has 4 nitrogen and oxygen atoms in total. The Morgan fingerprint density at radius 1 is 1.20 bits per heavy atom. The second-order valence-corrected chi connectivity index (χ2v) is 4.99. The average Bonchev–Trinajstić information content (AvgIpc) is 2.96. The van der Waals surface area contributed by atoms with Crippen LogP contribution in [-0.4, -0.2) is 35.6 Å². The predicted octanol–water partition coefficient (Wildman–Crippen LogP) is 2.07. The van der Waals surface area contributed by atoms with E-state index in [1.807, 2.05) is 18.2 Å². The molecule has 1 aliphatic heterocycles. The highest BCUT2D eigenvalue weighted by Gasteiger charge is 2.29. The highest BCUT2D eigenvalue weighted by atomic mass is 16.5. The SMILES string of the molecule is COC(=O)CN1CCn2cccc2C1c1ccccc1. The number of rotatable bonds is 3. The van der Waals surface area contributed by atoms with Crippen molar-refractivity contribution in [1.82, 2.24) is 9.47 Å². The number of methoxy groups -OCH3 is 1. The standard InChI is InChI=1S/C16H18N2O2/c1-20-15(19)12-18-11-10-17-9-5-8-14(17)16(18)13-6-3-2-4-7-13/h2-9,16H,10-12H2,1H3. The minimum Gasteiger partial charge on any atom is -0.468 e. The van der Waals surface area contributed by atoms with Crippen LogP contribution in [0.15, 0.2) is 48.7 Å². The Kier molecular flexibility index (Phi) is 3.56. The molecule has 1 unspecified atom stereocenters. The number of aromatic nitrogens is 1. The zero-order valence-electron chi connectivity index (χ0n) is 11.5. The first-order valence-corrected chi connectivity index (χ1v) is 6.80. The van der Waals surface area contributed by atoms with E-state index < -0.39 is 0 Å². The first-order valence-electron chi connectivity index (χ1n) is 6.80. The fourth-order valence-electron chi connectivity index (χ4n) is 2.85. The Morgan fingerprint density at radius 2 is 2.00 bits per heavy atom. The third-order valence-electron chi connectivity index (χ3n) is 3.81. The van der Waals surface area contributed by atoms with E-state index in [1.165, 1.54) is 18.4 Å². The van der Waals surface area contributed by atoms with Gasteiger partial charge in [0.25, 0.3) is 0 Å². The van der Waals surface area contributed by atoms with Crippen molar-refractivity contribution >= 4 is 5.97 Å². The van der Waals surface area contributed by atoms with E-state index in [-0.39, 0.29) is 12.0 Å². The molecule has 1 aliphatic rings. The molecule has 0 N–H and O–H groups in total. The highest BCUT2D eigenvalue weighted by Crippen LogP contribution is 2.31. The van der Waals surface area contributed by atoms with Crippen LogP contribution in [0, 0.1) is 0 Å². The van der Waals surface area contributed by atoms with Gasteiger partial charge >= 0.3 is 5.97 Å². The summed E-state index contributed by atoms with van der Waals surface area (Å²) in [7, 11) is 1.44. The molecule has 0 spiro atoms. The van der Waals surface area contributed by atoms with E-state index in [2.05, 4.69) is 39.9 Å². The molecular weight excluding hydrogens is 252 g/mol. The number of carbonyl (C=O) groups is 1. The van der Waals surface area contributed by atoms with E-state index in [0.29, 0.717) is 6.54 Å². The molecule has 20 heavy (non-hydrogen) atoms. The van der Waals surface area contributed by atoms with E-state index in [1.54, 1.807) is 0 Å². The lowest BCUT2D eigenvalue weighted by molar-refractivity contribution is -0.142. The highest BCUT2D eigenvalue weighted by molar-refractivity contribution is 5.71. The predicted molar refractivity (Wildman–Crippen MR) is 76.3 cm³/mol. The normalized spacial score (nSPS) is 18.6. The molecule has 0 bridgehead atoms. The van der Waals surface area contributed by atoms with Crippen LogP contribution >= 0.6 is 0 Å². The van der Waals surface area contributed by atoms with Crippen LogP contribution in [-0.2, 0) is 16.1 Å². The van der Waals surface area contributed by atoms with E-state index in [4.69, 9.17) is 4.74 Å². The van der Waals surface area contributed by atoms with Crippen LogP contribution in [0.2, 0.25) is 0 Å². The Labute approximate surface area is 118 Å². The first kappa shape index (κ1) is 12.9. The van der Waals surface area contributed by atoms with E-state index >= 15 is 0 Å². The van der Waals surface area contributed by atoms with Crippen molar-refractivity contribution in [2.24, 2.45) is 0 Å². The van der Waals surface area contributed by atoms with Gasteiger partial charge in [0.1, 0.15) is 0 Å². The summed E-state index contributed by atoms with van der Waals surface area (Å²) >= 11 is 0. The van der Waals surface area contributed by atoms with Crippen LogP contribution in [0.25, 0.3) is 0 Å². The molecule has 104 valence electrons. The second kappa shape index (κ2) is 5.51. The number of fused-ring (bicyclic) bond motifs is 1. The second-order valence-electron chi connectivity index (χ2n) is 4.99. The quantitative estimate of drug-likeness (QED) is 0.801. The Hall–Kier alpha value is -2.07. The van der Waals surface area contributed by atoms with Gasteiger partial charge < -0.3 is 9.30 Å². The topological polar surface area (TPSA) is 34.5 Å². The minimum atomic E-state index is -0.189. The minimum absolute atomic E-state index is 0.110. The summed E-state index contributed by atoms with van der Waals surface area (Å²) < 4.78 is 7.07. The van der Waals surface area contributed by atoms with Crippen molar-refractivity contribution in [3.05, 3.63) is 59.9 Å². The largest absolute Gasteiger partial charge is 0.468 e. The van der Waals surface area contributed by atoms with Crippen LogP contribution in [0.3, 0.4) is 0 Å². The number of carbonyl (C=O) groups excluding carboxylic acids is 1. The lowest BCUT2D eigenvalue weighted by Gasteiger charge is -2.36. The molecule has 4 heteroatoms. The Bertz CT molecular complexity index is 592. The van der Waals surface area contributed by atoms with Gasteiger partial charge in [0.15, 0.2) is 0 Å². The molecule has 1 aromatic carbocycles. The van der Waals surface area contributed by atoms with Gasteiger partial charge in [-0.1, -0.05) is 30.3 Å². The van der Waals surface area contributed by atoms with Crippen molar-refractivity contribution in [1.29, 1.82) is 0 Å². The molecule has 3 rings (SSSR count). The van der Waals surface area contributed by atoms with Gasteiger partial charge in [0.05, 0.1) is 19.7 Å². The van der Waals surface area contributed by atoms with Crippen LogP contribution in [0.4, 0.5) is 0 Å². The summed E-state index contributed by atoms with van der Waals surface area (Å²) in [5.41, 5.74) is 2.43. The smallest absolute Gasteiger partial charge is 0.319 e. The molecule has 0 saturated carbocycles. The summed E-state index contributed by atoms with van der Waals surface area (Å²) in [5.74, 6) is -0.189. The Balaban J connectivity index is 1.97. The molecular formula is C16H18N2O2. The lowest BCUT2D eigenvalue weighted by Crippen LogP contribution is -2.41. The van der Waals surface area contributed by atoms with Crippen molar-refractivity contribution < 1.29 is 9.53 Å².